The molecule has 2 fully saturated rings. The summed E-state index contributed by atoms with van der Waals surface area (Å²) >= 11 is 0. The number of rotatable bonds is 4. The van der Waals surface area contributed by atoms with Crippen molar-refractivity contribution in [3.63, 3.8) is 0 Å². The van der Waals surface area contributed by atoms with Gasteiger partial charge in [-0.2, -0.15) is 0 Å². The van der Waals surface area contributed by atoms with E-state index in [0.717, 1.165) is 61.8 Å². The first-order chi connectivity index (χ1) is 14.5. The van der Waals surface area contributed by atoms with Crippen LogP contribution in [0.15, 0.2) is 0 Å². The number of aromatic nitrogens is 2. The highest BCUT2D eigenvalue weighted by Gasteiger charge is 2.30. The van der Waals surface area contributed by atoms with E-state index in [0.29, 0.717) is 39.4 Å². The fourth-order valence-corrected chi connectivity index (χ4v) is 4.56. The number of nitrogens with zero attached hydrogens (tertiary/aromatic N) is 5. The number of ether oxygens (including phenoxy) is 1. The molecule has 3 aliphatic rings. The van der Waals surface area contributed by atoms with Crippen molar-refractivity contribution in [2.75, 3.05) is 64.8 Å². The zero-order valence-corrected chi connectivity index (χ0v) is 18.0. The van der Waals surface area contributed by atoms with Crippen molar-refractivity contribution in [1.29, 1.82) is 0 Å². The lowest BCUT2D eigenvalue weighted by molar-refractivity contribution is -0.134. The van der Waals surface area contributed by atoms with E-state index in [1.165, 1.54) is 0 Å². The lowest BCUT2D eigenvalue weighted by Gasteiger charge is -2.35. The van der Waals surface area contributed by atoms with E-state index in [2.05, 4.69) is 10.2 Å². The molecule has 0 radical (unpaired) electrons. The lowest BCUT2D eigenvalue weighted by Crippen LogP contribution is -2.47. The molecule has 9 nitrogen and oxygen atoms in total. The number of fused-ring (bicyclic) bond motifs is 1. The largest absolute Gasteiger partial charge is 0.379 e. The maximum atomic E-state index is 12.9. The molecule has 9 heteroatoms. The van der Waals surface area contributed by atoms with E-state index >= 15 is 0 Å². The van der Waals surface area contributed by atoms with Crippen LogP contribution < -0.4 is 5.32 Å². The SMILES string of the molecule is CNc1nc([C@H]2CCCN(C(=O)CN3CCOCC3)C2)nc2c1CN(C(C)=O)CC2. The average Bonchev–Trinajstić information content (AvgIpc) is 2.78. The fraction of sp³-hybridized carbons (Fsp3) is 0.714. The third-order valence-electron chi connectivity index (χ3n) is 6.36. The average molecular weight is 417 g/mol. The monoisotopic (exact) mass is 416 g/mol. The van der Waals surface area contributed by atoms with Gasteiger partial charge >= 0.3 is 0 Å². The molecule has 2 saturated heterocycles. The number of nitrogens with one attached hydrogen (secondary N) is 1. The minimum Gasteiger partial charge on any atom is -0.379 e. The highest BCUT2D eigenvalue weighted by Crippen LogP contribution is 2.30. The topological polar surface area (TPSA) is 90.9 Å². The molecule has 0 unspecified atom stereocenters. The zero-order chi connectivity index (χ0) is 21.1. The number of morpholine rings is 1. The molecule has 4 rings (SSSR count). The Balaban J connectivity index is 1.47. The summed E-state index contributed by atoms with van der Waals surface area (Å²) in [5.74, 6) is 2.03. The molecule has 0 aliphatic carbocycles. The van der Waals surface area contributed by atoms with Crippen molar-refractivity contribution in [2.45, 2.75) is 38.6 Å². The predicted octanol–water partition coefficient (Wildman–Crippen LogP) is 0.461. The summed E-state index contributed by atoms with van der Waals surface area (Å²) in [6.07, 6.45) is 2.70. The zero-order valence-electron chi connectivity index (χ0n) is 18.0. The van der Waals surface area contributed by atoms with Crippen LogP contribution in [-0.4, -0.2) is 96.0 Å². The van der Waals surface area contributed by atoms with Crippen molar-refractivity contribution >= 4 is 17.6 Å². The first kappa shape index (κ1) is 21.0. The molecule has 4 heterocycles. The van der Waals surface area contributed by atoms with E-state index < -0.39 is 0 Å². The van der Waals surface area contributed by atoms with Gasteiger partial charge in [0.25, 0.3) is 0 Å². The number of anilines is 1. The second-order valence-electron chi connectivity index (χ2n) is 8.36. The molecule has 164 valence electrons. The predicted molar refractivity (Wildman–Crippen MR) is 112 cm³/mol. The lowest BCUT2D eigenvalue weighted by atomic mass is 9.96. The van der Waals surface area contributed by atoms with Crippen LogP contribution in [0.1, 0.15) is 42.8 Å². The number of carbonyl (C=O) groups is 2. The summed E-state index contributed by atoms with van der Waals surface area (Å²) < 4.78 is 5.38. The van der Waals surface area contributed by atoms with Gasteiger partial charge in [-0.15, -0.1) is 0 Å². The van der Waals surface area contributed by atoms with Gasteiger partial charge in [0.15, 0.2) is 0 Å². The minimum atomic E-state index is 0.0773. The van der Waals surface area contributed by atoms with Crippen LogP contribution in [0.5, 0.6) is 0 Å². The molecule has 0 saturated carbocycles. The van der Waals surface area contributed by atoms with Crippen molar-refractivity contribution in [2.24, 2.45) is 0 Å². The Bertz CT molecular complexity index is 778. The van der Waals surface area contributed by atoms with Crippen molar-refractivity contribution in [3.05, 3.63) is 17.1 Å². The van der Waals surface area contributed by atoms with Crippen LogP contribution >= 0.6 is 0 Å². The Hall–Kier alpha value is -2.26. The van der Waals surface area contributed by atoms with E-state index in [9.17, 15) is 9.59 Å². The van der Waals surface area contributed by atoms with Gasteiger partial charge in [0.1, 0.15) is 11.6 Å². The molecule has 0 aromatic carbocycles. The molecular weight excluding hydrogens is 384 g/mol. The normalized spacial score (nSPS) is 22.5. The molecular formula is C21H32N6O3. The summed E-state index contributed by atoms with van der Waals surface area (Å²) in [5.41, 5.74) is 2.04. The maximum Gasteiger partial charge on any atom is 0.236 e. The summed E-state index contributed by atoms with van der Waals surface area (Å²) in [6.45, 7) is 7.82. The minimum absolute atomic E-state index is 0.0773. The maximum absolute atomic E-state index is 12.9. The molecule has 30 heavy (non-hydrogen) atoms. The Morgan fingerprint density at radius 3 is 2.67 bits per heavy atom. The Morgan fingerprint density at radius 1 is 1.13 bits per heavy atom. The van der Waals surface area contributed by atoms with Crippen molar-refractivity contribution < 1.29 is 14.3 Å². The number of carbonyl (C=O) groups excluding carboxylic acids is 2. The number of hydrogen-bond acceptors (Lipinski definition) is 7. The first-order valence-corrected chi connectivity index (χ1v) is 11.0. The number of hydrogen-bond donors (Lipinski definition) is 1. The molecule has 1 aromatic rings. The summed E-state index contributed by atoms with van der Waals surface area (Å²) in [5, 5.41) is 3.19. The third kappa shape index (κ3) is 4.57. The number of piperidine rings is 1. The van der Waals surface area contributed by atoms with Gasteiger partial charge in [-0.1, -0.05) is 0 Å². The van der Waals surface area contributed by atoms with Gasteiger partial charge in [-0.25, -0.2) is 9.97 Å². The first-order valence-electron chi connectivity index (χ1n) is 11.0. The van der Waals surface area contributed by atoms with Gasteiger partial charge in [-0.05, 0) is 12.8 Å². The highest BCUT2D eigenvalue weighted by atomic mass is 16.5. The highest BCUT2D eigenvalue weighted by molar-refractivity contribution is 5.78. The van der Waals surface area contributed by atoms with Crippen LogP contribution in [0.3, 0.4) is 0 Å². The van der Waals surface area contributed by atoms with E-state index in [1.807, 2.05) is 16.8 Å². The molecule has 2 amide bonds. The van der Waals surface area contributed by atoms with E-state index in [-0.39, 0.29) is 17.7 Å². The Labute approximate surface area is 177 Å². The summed E-state index contributed by atoms with van der Waals surface area (Å²) in [4.78, 5) is 40.3. The van der Waals surface area contributed by atoms with Crippen LogP contribution in [0.25, 0.3) is 0 Å². The number of likely N-dealkylation sites (tertiary alicyclic amines) is 1. The van der Waals surface area contributed by atoms with Crippen LogP contribution in [0, 0.1) is 0 Å². The fourth-order valence-electron chi connectivity index (χ4n) is 4.56. The molecule has 1 N–H and O–H groups in total. The van der Waals surface area contributed by atoms with Crippen LogP contribution in [0.2, 0.25) is 0 Å². The van der Waals surface area contributed by atoms with Gasteiger partial charge in [0.05, 0.1) is 32.0 Å². The smallest absolute Gasteiger partial charge is 0.236 e. The van der Waals surface area contributed by atoms with Crippen LogP contribution in [-0.2, 0) is 27.3 Å². The van der Waals surface area contributed by atoms with Gasteiger partial charge in [0.2, 0.25) is 11.8 Å². The van der Waals surface area contributed by atoms with Crippen molar-refractivity contribution in [3.8, 4) is 0 Å². The standard InChI is InChI=1S/C21H32N6O3/c1-15(28)26-7-5-18-17(13-26)21(22-2)24-20(23-18)16-4-3-6-27(12-16)19(29)14-25-8-10-30-11-9-25/h16H,3-14H2,1-2H3,(H,22,23,24)/t16-/m0/s1. The van der Waals surface area contributed by atoms with Gasteiger partial charge in [0, 0.05) is 64.6 Å². The molecule has 0 spiro atoms. The van der Waals surface area contributed by atoms with E-state index in [4.69, 9.17) is 14.7 Å². The molecule has 0 bridgehead atoms. The molecule has 1 aromatic heterocycles. The Kier molecular flexibility index (Phi) is 6.48. The second kappa shape index (κ2) is 9.26. The molecule has 3 aliphatic heterocycles. The number of amides is 2. The Morgan fingerprint density at radius 2 is 1.93 bits per heavy atom. The summed E-state index contributed by atoms with van der Waals surface area (Å²) in [7, 11) is 1.86. The van der Waals surface area contributed by atoms with E-state index in [1.54, 1.807) is 6.92 Å². The van der Waals surface area contributed by atoms with Crippen molar-refractivity contribution in [1.82, 2.24) is 24.7 Å². The third-order valence-corrected chi connectivity index (χ3v) is 6.36. The van der Waals surface area contributed by atoms with Gasteiger partial charge in [-0.3, -0.25) is 14.5 Å². The van der Waals surface area contributed by atoms with Crippen LogP contribution in [0.4, 0.5) is 5.82 Å². The quantitative estimate of drug-likeness (QED) is 0.763. The van der Waals surface area contributed by atoms with Gasteiger partial charge < -0.3 is 19.9 Å². The molecule has 1 atom stereocenters. The second-order valence-corrected chi connectivity index (χ2v) is 8.36. The summed E-state index contributed by atoms with van der Waals surface area (Å²) in [6, 6.07) is 0.